The van der Waals surface area contributed by atoms with E-state index in [9.17, 15) is 0 Å². The van der Waals surface area contributed by atoms with Crippen LogP contribution in [0.5, 0.6) is 5.75 Å². The Balaban J connectivity index is 2.42. The topological polar surface area (TPSA) is 48.1 Å². The molecule has 3 nitrogen and oxygen atoms in total. The van der Waals surface area contributed by atoms with Gasteiger partial charge >= 0.3 is 0 Å². The predicted molar refractivity (Wildman–Crippen MR) is 73.6 cm³/mol. The van der Waals surface area contributed by atoms with E-state index in [0.29, 0.717) is 6.54 Å². The monoisotopic (exact) mass is 242 g/mol. The number of nitrogens with zero attached hydrogens (tertiary/aromatic N) is 1. The molecule has 0 spiro atoms. The second kappa shape index (κ2) is 5.19. The Morgan fingerprint density at radius 2 is 1.94 bits per heavy atom. The fourth-order valence-corrected chi connectivity index (χ4v) is 2.00. The Bertz CT molecular complexity index is 513. The van der Waals surface area contributed by atoms with E-state index in [1.165, 1.54) is 0 Å². The largest absolute Gasteiger partial charge is 0.496 e. The van der Waals surface area contributed by atoms with Crippen molar-refractivity contribution < 1.29 is 4.74 Å². The summed E-state index contributed by atoms with van der Waals surface area (Å²) in [6, 6.07) is 10.1. The van der Waals surface area contributed by atoms with Crippen LogP contribution in [0.4, 0.5) is 0 Å². The maximum Gasteiger partial charge on any atom is 0.121 e. The van der Waals surface area contributed by atoms with Gasteiger partial charge in [0.25, 0.3) is 0 Å². The lowest BCUT2D eigenvalue weighted by Gasteiger charge is -2.09. The van der Waals surface area contributed by atoms with Gasteiger partial charge in [0.2, 0.25) is 0 Å². The van der Waals surface area contributed by atoms with Gasteiger partial charge in [0.05, 0.1) is 12.8 Å². The lowest BCUT2D eigenvalue weighted by molar-refractivity contribution is 0.412. The first kappa shape index (κ1) is 12.6. The number of ether oxygens (including phenoxy) is 1. The number of rotatable bonds is 3. The average molecular weight is 242 g/mol. The van der Waals surface area contributed by atoms with Crippen LogP contribution >= 0.6 is 0 Å². The van der Waals surface area contributed by atoms with Gasteiger partial charge in [0, 0.05) is 17.8 Å². The molecule has 2 N–H and O–H groups in total. The number of hydrogen-bond donors (Lipinski definition) is 1. The van der Waals surface area contributed by atoms with Crippen molar-refractivity contribution in [3.05, 3.63) is 47.2 Å². The lowest BCUT2D eigenvalue weighted by atomic mass is 10.1. The van der Waals surface area contributed by atoms with E-state index >= 15 is 0 Å². The Hall–Kier alpha value is -1.87. The standard InChI is InChI=1S/C15H18N2O/c1-10-8-12(5-7-15(10)18-3)14-6-4-13(9-16)11(2)17-14/h4-8H,9,16H2,1-3H3. The molecule has 18 heavy (non-hydrogen) atoms. The molecule has 2 aromatic rings. The molecule has 0 radical (unpaired) electrons. The molecule has 0 bridgehead atoms. The zero-order chi connectivity index (χ0) is 13.1. The van der Waals surface area contributed by atoms with Gasteiger partial charge in [-0.25, -0.2) is 0 Å². The summed E-state index contributed by atoms with van der Waals surface area (Å²) in [5, 5.41) is 0. The van der Waals surface area contributed by atoms with Crippen molar-refractivity contribution in [2.75, 3.05) is 7.11 Å². The molecular formula is C15H18N2O. The quantitative estimate of drug-likeness (QED) is 0.900. The van der Waals surface area contributed by atoms with Crippen LogP contribution in [0.25, 0.3) is 11.3 Å². The molecule has 1 aromatic heterocycles. The molecule has 94 valence electrons. The van der Waals surface area contributed by atoms with E-state index in [1.54, 1.807) is 7.11 Å². The average Bonchev–Trinajstić information content (AvgIpc) is 2.38. The van der Waals surface area contributed by atoms with Crippen LogP contribution in [-0.2, 0) is 6.54 Å². The minimum atomic E-state index is 0.529. The summed E-state index contributed by atoms with van der Waals surface area (Å²) in [4.78, 5) is 4.59. The molecule has 3 heteroatoms. The molecular weight excluding hydrogens is 224 g/mol. The summed E-state index contributed by atoms with van der Waals surface area (Å²) in [7, 11) is 1.68. The third kappa shape index (κ3) is 2.36. The number of pyridine rings is 1. The van der Waals surface area contributed by atoms with E-state index in [-0.39, 0.29) is 0 Å². The molecule has 0 atom stereocenters. The van der Waals surface area contributed by atoms with Gasteiger partial charge in [-0.3, -0.25) is 4.98 Å². The molecule has 0 aliphatic carbocycles. The van der Waals surface area contributed by atoms with Crippen LogP contribution in [0.15, 0.2) is 30.3 Å². The molecule has 1 heterocycles. The number of aromatic nitrogens is 1. The maximum atomic E-state index is 5.64. The van der Waals surface area contributed by atoms with Crippen molar-refractivity contribution in [1.82, 2.24) is 4.98 Å². The lowest BCUT2D eigenvalue weighted by Crippen LogP contribution is -2.01. The van der Waals surface area contributed by atoms with Gasteiger partial charge in [-0.15, -0.1) is 0 Å². The van der Waals surface area contributed by atoms with Crippen molar-refractivity contribution in [1.29, 1.82) is 0 Å². The molecule has 0 fully saturated rings. The van der Waals surface area contributed by atoms with Crippen molar-refractivity contribution in [2.45, 2.75) is 20.4 Å². The maximum absolute atomic E-state index is 5.64. The summed E-state index contributed by atoms with van der Waals surface area (Å²) in [5.41, 5.74) is 10.9. The summed E-state index contributed by atoms with van der Waals surface area (Å²) in [6.45, 7) is 4.55. The normalized spacial score (nSPS) is 10.4. The zero-order valence-corrected chi connectivity index (χ0v) is 11.0. The van der Waals surface area contributed by atoms with Gasteiger partial charge in [-0.1, -0.05) is 6.07 Å². The molecule has 0 aliphatic rings. The number of hydrogen-bond acceptors (Lipinski definition) is 3. The molecule has 1 aromatic carbocycles. The Morgan fingerprint density at radius 3 is 2.50 bits per heavy atom. The first-order valence-electron chi connectivity index (χ1n) is 5.97. The molecule has 0 amide bonds. The van der Waals surface area contributed by atoms with Crippen molar-refractivity contribution >= 4 is 0 Å². The van der Waals surface area contributed by atoms with E-state index in [1.807, 2.05) is 38.1 Å². The number of methoxy groups -OCH3 is 1. The van der Waals surface area contributed by atoms with Gasteiger partial charge in [-0.2, -0.15) is 0 Å². The third-order valence-corrected chi connectivity index (χ3v) is 3.11. The van der Waals surface area contributed by atoms with Crippen molar-refractivity contribution in [2.24, 2.45) is 5.73 Å². The van der Waals surface area contributed by atoms with Crippen LogP contribution in [0.2, 0.25) is 0 Å². The van der Waals surface area contributed by atoms with Gasteiger partial charge in [-0.05, 0) is 49.2 Å². The number of nitrogens with two attached hydrogens (primary N) is 1. The molecule has 0 saturated carbocycles. The van der Waals surface area contributed by atoms with Crippen LogP contribution < -0.4 is 10.5 Å². The van der Waals surface area contributed by atoms with Gasteiger partial charge in [0.1, 0.15) is 5.75 Å². The summed E-state index contributed by atoms with van der Waals surface area (Å²) in [6.07, 6.45) is 0. The Labute approximate surface area is 108 Å². The zero-order valence-electron chi connectivity index (χ0n) is 11.0. The van der Waals surface area contributed by atoms with E-state index in [4.69, 9.17) is 10.5 Å². The summed E-state index contributed by atoms with van der Waals surface area (Å²) < 4.78 is 5.26. The molecule has 2 rings (SSSR count). The molecule has 0 unspecified atom stereocenters. The van der Waals surface area contributed by atoms with Crippen LogP contribution in [0.1, 0.15) is 16.8 Å². The first-order valence-corrected chi connectivity index (χ1v) is 5.97. The van der Waals surface area contributed by atoms with Crippen LogP contribution in [0, 0.1) is 13.8 Å². The Kier molecular flexibility index (Phi) is 3.63. The van der Waals surface area contributed by atoms with Crippen LogP contribution in [-0.4, -0.2) is 12.1 Å². The highest BCUT2D eigenvalue weighted by Crippen LogP contribution is 2.25. The summed E-state index contributed by atoms with van der Waals surface area (Å²) in [5.74, 6) is 0.897. The van der Waals surface area contributed by atoms with E-state index < -0.39 is 0 Å². The first-order chi connectivity index (χ1) is 8.65. The van der Waals surface area contributed by atoms with Crippen molar-refractivity contribution in [3.8, 4) is 17.0 Å². The SMILES string of the molecule is COc1ccc(-c2ccc(CN)c(C)n2)cc1C. The fourth-order valence-electron chi connectivity index (χ4n) is 2.00. The molecule has 0 aliphatic heterocycles. The van der Waals surface area contributed by atoms with Gasteiger partial charge < -0.3 is 10.5 Å². The second-order valence-electron chi connectivity index (χ2n) is 4.33. The second-order valence-corrected chi connectivity index (χ2v) is 4.33. The molecule has 0 saturated heterocycles. The Morgan fingerprint density at radius 1 is 1.17 bits per heavy atom. The highest BCUT2D eigenvalue weighted by Gasteiger charge is 2.05. The minimum absolute atomic E-state index is 0.529. The third-order valence-electron chi connectivity index (χ3n) is 3.11. The van der Waals surface area contributed by atoms with Gasteiger partial charge in [0.15, 0.2) is 0 Å². The van der Waals surface area contributed by atoms with E-state index in [2.05, 4.69) is 11.1 Å². The smallest absolute Gasteiger partial charge is 0.121 e. The highest BCUT2D eigenvalue weighted by atomic mass is 16.5. The predicted octanol–water partition coefficient (Wildman–Crippen LogP) is 2.83. The van der Waals surface area contributed by atoms with Crippen LogP contribution in [0.3, 0.4) is 0 Å². The minimum Gasteiger partial charge on any atom is -0.496 e. The summed E-state index contributed by atoms with van der Waals surface area (Å²) >= 11 is 0. The highest BCUT2D eigenvalue weighted by molar-refractivity contribution is 5.62. The fraction of sp³-hybridized carbons (Fsp3) is 0.267. The number of aryl methyl sites for hydroxylation is 2. The number of benzene rings is 1. The van der Waals surface area contributed by atoms with Crippen molar-refractivity contribution in [3.63, 3.8) is 0 Å². The van der Waals surface area contributed by atoms with E-state index in [0.717, 1.165) is 33.8 Å².